The molecule has 4 aromatic rings. The molecule has 4 rings (SSSR count). The molecule has 8 heteroatoms. The number of benzene rings is 4. The summed E-state index contributed by atoms with van der Waals surface area (Å²) in [6.45, 7) is 3.71. The molecule has 0 aliphatic rings. The molecule has 0 saturated carbocycles. The van der Waals surface area contributed by atoms with E-state index in [0.717, 1.165) is 10.5 Å². The average Bonchev–Trinajstić information content (AvgIpc) is 2.86. The number of hydrogen-bond donors (Lipinski definition) is 3. The topological polar surface area (TPSA) is 95.5 Å². The van der Waals surface area contributed by atoms with Crippen LogP contribution in [0, 0.1) is 6.92 Å². The fourth-order valence-corrected chi connectivity index (χ4v) is 4.74. The highest BCUT2D eigenvalue weighted by atomic mass is 35.5. The first-order valence-electron chi connectivity index (χ1n) is 11.1. The fraction of sp³-hybridized carbons (Fsp3) is 0.107. The number of rotatable bonds is 7. The zero-order chi connectivity index (χ0) is 25.8. The molecule has 36 heavy (non-hydrogen) atoms. The number of aryl methyl sites for hydroxylation is 1. The SMILES string of the molecule is Cc1ccc(NC(=O)C(C)Sc2ccc(NC(=O)c3cccc4cccc(C(=O)O)c34)cc2)cc1Cl. The van der Waals surface area contributed by atoms with Gasteiger partial charge in [-0.3, -0.25) is 9.59 Å². The number of fused-ring (bicyclic) bond motifs is 1. The molecule has 0 saturated heterocycles. The van der Waals surface area contributed by atoms with Gasteiger partial charge in [0.25, 0.3) is 5.91 Å². The van der Waals surface area contributed by atoms with E-state index in [1.54, 1.807) is 48.5 Å². The summed E-state index contributed by atoms with van der Waals surface area (Å²) < 4.78 is 0. The maximum absolute atomic E-state index is 13.0. The molecule has 0 fully saturated rings. The Morgan fingerprint density at radius 3 is 2.14 bits per heavy atom. The minimum atomic E-state index is -1.09. The standard InChI is InChI=1S/C28H23ClN2O4S/c1-16-9-10-20(15-24(16)29)31-26(32)17(2)36-21-13-11-19(12-14-21)30-27(33)22-7-3-5-18-6-4-8-23(25(18)22)28(34)35/h3-15,17H,1-2H3,(H,30,33)(H,31,32)(H,34,35). The predicted molar refractivity (Wildman–Crippen MR) is 145 cm³/mol. The maximum atomic E-state index is 13.0. The minimum absolute atomic E-state index is 0.0742. The number of carboxylic acids is 1. The number of carbonyl (C=O) groups excluding carboxylic acids is 2. The Bertz CT molecular complexity index is 1470. The number of carbonyl (C=O) groups is 3. The van der Waals surface area contributed by atoms with Crippen LogP contribution in [0.5, 0.6) is 0 Å². The first-order chi connectivity index (χ1) is 17.2. The molecule has 2 amide bonds. The molecule has 0 heterocycles. The molecule has 3 N–H and O–H groups in total. The van der Waals surface area contributed by atoms with E-state index in [9.17, 15) is 19.5 Å². The molecule has 182 valence electrons. The quantitative estimate of drug-likeness (QED) is 0.232. The lowest BCUT2D eigenvalue weighted by Crippen LogP contribution is -2.22. The first-order valence-corrected chi connectivity index (χ1v) is 12.4. The predicted octanol–water partition coefficient (Wildman–Crippen LogP) is 6.87. The molecule has 0 radical (unpaired) electrons. The second-order valence-corrected chi connectivity index (χ2v) is 10.0. The first kappa shape index (κ1) is 25.3. The van der Waals surface area contributed by atoms with Crippen molar-refractivity contribution < 1.29 is 19.5 Å². The van der Waals surface area contributed by atoms with E-state index in [2.05, 4.69) is 10.6 Å². The summed E-state index contributed by atoms with van der Waals surface area (Å²) in [4.78, 5) is 38.1. The van der Waals surface area contributed by atoms with Crippen molar-refractivity contribution in [1.82, 2.24) is 0 Å². The zero-order valence-corrected chi connectivity index (χ0v) is 21.1. The molecule has 0 aliphatic heterocycles. The largest absolute Gasteiger partial charge is 0.478 e. The molecule has 0 spiro atoms. The highest BCUT2D eigenvalue weighted by Crippen LogP contribution is 2.28. The summed E-state index contributed by atoms with van der Waals surface area (Å²) in [5.74, 6) is -1.65. The Hall–Kier alpha value is -3.81. The van der Waals surface area contributed by atoms with E-state index in [1.807, 2.05) is 38.1 Å². The van der Waals surface area contributed by atoms with Crippen LogP contribution in [0.4, 0.5) is 11.4 Å². The Balaban J connectivity index is 1.43. The van der Waals surface area contributed by atoms with Crippen LogP contribution in [-0.2, 0) is 4.79 Å². The van der Waals surface area contributed by atoms with Crippen molar-refractivity contribution in [3.05, 3.63) is 101 Å². The van der Waals surface area contributed by atoms with Gasteiger partial charge in [-0.1, -0.05) is 41.9 Å². The Kier molecular flexibility index (Phi) is 7.62. The highest BCUT2D eigenvalue weighted by Gasteiger charge is 2.18. The van der Waals surface area contributed by atoms with Crippen LogP contribution in [0.1, 0.15) is 33.2 Å². The maximum Gasteiger partial charge on any atom is 0.336 e. The molecule has 0 aliphatic carbocycles. The van der Waals surface area contributed by atoms with Gasteiger partial charge < -0.3 is 15.7 Å². The monoisotopic (exact) mass is 518 g/mol. The Morgan fingerprint density at radius 1 is 0.861 bits per heavy atom. The molecule has 1 unspecified atom stereocenters. The average molecular weight is 519 g/mol. The van der Waals surface area contributed by atoms with Crippen LogP contribution in [0.2, 0.25) is 5.02 Å². The number of nitrogens with one attached hydrogen (secondary N) is 2. The summed E-state index contributed by atoms with van der Waals surface area (Å²) in [6, 6.07) is 22.5. The molecule has 6 nitrogen and oxygen atoms in total. The number of halogens is 1. The van der Waals surface area contributed by atoms with Gasteiger partial charge in [0.2, 0.25) is 5.91 Å². The summed E-state index contributed by atoms with van der Waals surface area (Å²) in [5, 5.41) is 16.6. The summed E-state index contributed by atoms with van der Waals surface area (Å²) >= 11 is 7.52. The number of thioether (sulfide) groups is 1. The summed E-state index contributed by atoms with van der Waals surface area (Å²) in [7, 11) is 0. The normalized spacial score (nSPS) is 11.6. The third-order valence-electron chi connectivity index (χ3n) is 5.61. The van der Waals surface area contributed by atoms with Crippen LogP contribution < -0.4 is 10.6 Å². The second kappa shape index (κ2) is 10.8. The van der Waals surface area contributed by atoms with Gasteiger partial charge in [0.1, 0.15) is 0 Å². The van der Waals surface area contributed by atoms with Gasteiger partial charge in [0, 0.05) is 32.2 Å². The number of amides is 2. The van der Waals surface area contributed by atoms with Gasteiger partial charge in [0.15, 0.2) is 0 Å². The molecular formula is C28H23ClN2O4S. The Labute approximate surface area is 217 Å². The summed E-state index contributed by atoms with van der Waals surface area (Å²) in [5.41, 5.74) is 2.49. The lowest BCUT2D eigenvalue weighted by atomic mass is 9.98. The van der Waals surface area contributed by atoms with Crippen molar-refractivity contribution in [2.45, 2.75) is 24.0 Å². The van der Waals surface area contributed by atoms with Gasteiger partial charge in [-0.2, -0.15) is 0 Å². The van der Waals surface area contributed by atoms with Gasteiger partial charge in [-0.15, -0.1) is 11.8 Å². The van der Waals surface area contributed by atoms with E-state index in [-0.39, 0.29) is 22.3 Å². The van der Waals surface area contributed by atoms with Crippen molar-refractivity contribution in [2.75, 3.05) is 10.6 Å². The number of anilines is 2. The van der Waals surface area contributed by atoms with Crippen molar-refractivity contribution >= 4 is 63.3 Å². The molecule has 0 aromatic heterocycles. The van der Waals surface area contributed by atoms with Crippen molar-refractivity contribution in [3.63, 3.8) is 0 Å². The third-order valence-corrected chi connectivity index (χ3v) is 7.13. The molecule has 0 bridgehead atoms. The smallest absolute Gasteiger partial charge is 0.336 e. The van der Waals surface area contributed by atoms with Gasteiger partial charge >= 0.3 is 5.97 Å². The minimum Gasteiger partial charge on any atom is -0.478 e. The molecular weight excluding hydrogens is 496 g/mol. The van der Waals surface area contributed by atoms with Crippen LogP contribution in [0.3, 0.4) is 0 Å². The van der Waals surface area contributed by atoms with Crippen LogP contribution in [0.15, 0.2) is 83.8 Å². The van der Waals surface area contributed by atoms with E-state index >= 15 is 0 Å². The van der Waals surface area contributed by atoms with E-state index in [0.29, 0.717) is 27.2 Å². The van der Waals surface area contributed by atoms with Crippen molar-refractivity contribution in [2.24, 2.45) is 0 Å². The van der Waals surface area contributed by atoms with Crippen LogP contribution >= 0.6 is 23.4 Å². The fourth-order valence-electron chi connectivity index (χ4n) is 3.70. The number of hydrogen-bond acceptors (Lipinski definition) is 4. The second-order valence-electron chi connectivity index (χ2n) is 8.21. The van der Waals surface area contributed by atoms with E-state index < -0.39 is 11.9 Å². The lowest BCUT2D eigenvalue weighted by Gasteiger charge is -2.13. The van der Waals surface area contributed by atoms with Gasteiger partial charge in [0.05, 0.1) is 10.8 Å². The molecule has 4 aromatic carbocycles. The summed E-state index contributed by atoms with van der Waals surface area (Å²) in [6.07, 6.45) is 0. The zero-order valence-electron chi connectivity index (χ0n) is 19.5. The van der Waals surface area contributed by atoms with E-state index in [1.165, 1.54) is 17.8 Å². The van der Waals surface area contributed by atoms with Crippen molar-refractivity contribution in [1.29, 1.82) is 0 Å². The molecule has 1 atom stereocenters. The van der Waals surface area contributed by atoms with Gasteiger partial charge in [-0.25, -0.2) is 4.79 Å². The van der Waals surface area contributed by atoms with Crippen LogP contribution in [-0.4, -0.2) is 28.1 Å². The Morgan fingerprint density at radius 2 is 1.50 bits per heavy atom. The van der Waals surface area contributed by atoms with Gasteiger partial charge in [-0.05, 0) is 73.3 Å². The third kappa shape index (κ3) is 5.70. The number of carboxylic acid groups (broad SMARTS) is 1. The van der Waals surface area contributed by atoms with Crippen molar-refractivity contribution in [3.8, 4) is 0 Å². The highest BCUT2D eigenvalue weighted by molar-refractivity contribution is 8.00. The number of aromatic carboxylic acids is 1. The van der Waals surface area contributed by atoms with E-state index in [4.69, 9.17) is 11.6 Å². The van der Waals surface area contributed by atoms with Crippen LogP contribution in [0.25, 0.3) is 10.8 Å². The lowest BCUT2D eigenvalue weighted by molar-refractivity contribution is -0.115.